The SMILES string of the molecule is CNCc1cc(-c2ccccn2)nn(CC(C)C)c1=O. The fraction of sp³-hybridized carbons (Fsp3) is 0.400. The first-order chi connectivity index (χ1) is 9.61. The van der Waals surface area contributed by atoms with Crippen molar-refractivity contribution in [2.75, 3.05) is 7.05 Å². The monoisotopic (exact) mass is 272 g/mol. The molecule has 2 rings (SSSR count). The summed E-state index contributed by atoms with van der Waals surface area (Å²) in [6, 6.07) is 7.50. The van der Waals surface area contributed by atoms with E-state index in [4.69, 9.17) is 0 Å². The Kier molecular flexibility index (Phi) is 4.63. The van der Waals surface area contributed by atoms with E-state index in [2.05, 4.69) is 29.2 Å². The van der Waals surface area contributed by atoms with Crippen molar-refractivity contribution in [3.63, 3.8) is 0 Å². The predicted molar refractivity (Wildman–Crippen MR) is 79.3 cm³/mol. The van der Waals surface area contributed by atoms with Crippen LogP contribution in [0, 0.1) is 5.92 Å². The van der Waals surface area contributed by atoms with Crippen molar-refractivity contribution in [1.29, 1.82) is 0 Å². The molecule has 2 aromatic heterocycles. The summed E-state index contributed by atoms with van der Waals surface area (Å²) in [4.78, 5) is 16.6. The number of nitrogens with one attached hydrogen (secondary N) is 1. The van der Waals surface area contributed by atoms with Crippen LogP contribution in [0.3, 0.4) is 0 Å². The van der Waals surface area contributed by atoms with Gasteiger partial charge in [-0.1, -0.05) is 19.9 Å². The van der Waals surface area contributed by atoms with Gasteiger partial charge in [0, 0.05) is 24.8 Å². The summed E-state index contributed by atoms with van der Waals surface area (Å²) >= 11 is 0. The molecular formula is C15H20N4O. The van der Waals surface area contributed by atoms with Crippen LogP contribution in [0.4, 0.5) is 0 Å². The average Bonchev–Trinajstić information content (AvgIpc) is 2.44. The number of pyridine rings is 1. The van der Waals surface area contributed by atoms with Gasteiger partial charge in [-0.15, -0.1) is 0 Å². The smallest absolute Gasteiger partial charge is 0.271 e. The van der Waals surface area contributed by atoms with Gasteiger partial charge in [-0.05, 0) is 31.2 Å². The van der Waals surface area contributed by atoms with E-state index in [0.29, 0.717) is 24.6 Å². The van der Waals surface area contributed by atoms with Gasteiger partial charge in [0.05, 0.1) is 5.69 Å². The molecule has 1 N–H and O–H groups in total. The van der Waals surface area contributed by atoms with Gasteiger partial charge in [0.25, 0.3) is 5.56 Å². The van der Waals surface area contributed by atoms with Crippen LogP contribution in [0.2, 0.25) is 0 Å². The zero-order chi connectivity index (χ0) is 14.5. The molecule has 0 aliphatic heterocycles. The molecular weight excluding hydrogens is 252 g/mol. The van der Waals surface area contributed by atoms with E-state index < -0.39 is 0 Å². The molecule has 2 heterocycles. The third kappa shape index (κ3) is 3.30. The molecule has 0 fully saturated rings. The summed E-state index contributed by atoms with van der Waals surface area (Å²) in [5, 5.41) is 7.46. The molecule has 20 heavy (non-hydrogen) atoms. The lowest BCUT2D eigenvalue weighted by Gasteiger charge is -2.12. The van der Waals surface area contributed by atoms with E-state index in [1.807, 2.05) is 31.3 Å². The molecule has 0 aromatic carbocycles. The Morgan fingerprint density at radius 3 is 2.70 bits per heavy atom. The standard InChI is InChI=1S/C15H20N4O/c1-11(2)10-19-15(20)12(9-16-3)8-14(18-19)13-6-4-5-7-17-13/h4-8,11,16H,9-10H2,1-3H3. The van der Waals surface area contributed by atoms with Gasteiger partial charge >= 0.3 is 0 Å². The Hall–Kier alpha value is -2.01. The van der Waals surface area contributed by atoms with Crippen molar-refractivity contribution in [2.24, 2.45) is 5.92 Å². The fourth-order valence-electron chi connectivity index (χ4n) is 2.02. The maximum atomic E-state index is 12.3. The predicted octanol–water partition coefficient (Wildman–Crippen LogP) is 1.68. The number of aromatic nitrogens is 3. The zero-order valence-corrected chi connectivity index (χ0v) is 12.1. The lowest BCUT2D eigenvalue weighted by Crippen LogP contribution is -2.30. The molecule has 0 aliphatic rings. The van der Waals surface area contributed by atoms with Crippen molar-refractivity contribution in [2.45, 2.75) is 26.9 Å². The topological polar surface area (TPSA) is 59.8 Å². The number of rotatable bonds is 5. The van der Waals surface area contributed by atoms with Crippen LogP contribution in [0.5, 0.6) is 0 Å². The lowest BCUT2D eigenvalue weighted by molar-refractivity contribution is 0.461. The zero-order valence-electron chi connectivity index (χ0n) is 12.1. The third-order valence-electron chi connectivity index (χ3n) is 2.88. The van der Waals surface area contributed by atoms with Crippen LogP contribution < -0.4 is 10.9 Å². The first-order valence-electron chi connectivity index (χ1n) is 6.79. The molecule has 0 spiro atoms. The molecule has 5 heteroatoms. The van der Waals surface area contributed by atoms with Crippen molar-refractivity contribution in [3.05, 3.63) is 46.4 Å². The number of hydrogen-bond donors (Lipinski definition) is 1. The molecule has 0 atom stereocenters. The Bertz CT molecular complexity index is 620. The molecule has 0 radical (unpaired) electrons. The first-order valence-corrected chi connectivity index (χ1v) is 6.79. The molecule has 0 unspecified atom stereocenters. The summed E-state index contributed by atoms with van der Waals surface area (Å²) in [5.74, 6) is 0.363. The largest absolute Gasteiger partial charge is 0.315 e. The molecule has 2 aromatic rings. The van der Waals surface area contributed by atoms with Crippen molar-refractivity contribution < 1.29 is 0 Å². The fourth-order valence-corrected chi connectivity index (χ4v) is 2.02. The molecule has 0 saturated carbocycles. The third-order valence-corrected chi connectivity index (χ3v) is 2.88. The van der Waals surface area contributed by atoms with E-state index in [9.17, 15) is 4.79 Å². The Morgan fingerprint density at radius 2 is 2.10 bits per heavy atom. The van der Waals surface area contributed by atoms with Gasteiger partial charge in [0.2, 0.25) is 0 Å². The molecule has 106 valence electrons. The second-order valence-electron chi connectivity index (χ2n) is 5.18. The second-order valence-corrected chi connectivity index (χ2v) is 5.18. The van der Waals surface area contributed by atoms with E-state index in [0.717, 1.165) is 11.4 Å². The minimum Gasteiger partial charge on any atom is -0.315 e. The van der Waals surface area contributed by atoms with Gasteiger partial charge in [-0.2, -0.15) is 5.10 Å². The molecule has 0 aliphatic carbocycles. The van der Waals surface area contributed by atoms with Gasteiger partial charge in [0.15, 0.2) is 0 Å². The van der Waals surface area contributed by atoms with Crippen molar-refractivity contribution in [3.8, 4) is 11.4 Å². The Morgan fingerprint density at radius 1 is 1.30 bits per heavy atom. The van der Waals surface area contributed by atoms with Gasteiger partial charge in [-0.25, -0.2) is 4.68 Å². The van der Waals surface area contributed by atoms with Crippen LogP contribution in [0.15, 0.2) is 35.3 Å². The van der Waals surface area contributed by atoms with E-state index in [1.165, 1.54) is 0 Å². The summed E-state index contributed by atoms with van der Waals surface area (Å²) in [7, 11) is 1.83. The molecule has 0 saturated heterocycles. The van der Waals surface area contributed by atoms with Crippen LogP contribution in [0.25, 0.3) is 11.4 Å². The minimum absolute atomic E-state index is 0.0345. The average molecular weight is 272 g/mol. The van der Waals surface area contributed by atoms with Gasteiger partial charge in [0.1, 0.15) is 5.69 Å². The minimum atomic E-state index is -0.0345. The van der Waals surface area contributed by atoms with Crippen LogP contribution in [0.1, 0.15) is 19.4 Å². The number of nitrogens with zero attached hydrogens (tertiary/aromatic N) is 3. The Balaban J connectivity index is 2.52. The summed E-state index contributed by atoms with van der Waals surface area (Å²) < 4.78 is 1.54. The van der Waals surface area contributed by atoms with Crippen LogP contribution in [-0.4, -0.2) is 21.8 Å². The highest BCUT2D eigenvalue weighted by molar-refractivity contribution is 5.53. The molecule has 0 amide bonds. The second kappa shape index (κ2) is 6.43. The van der Waals surface area contributed by atoms with E-state index in [1.54, 1.807) is 10.9 Å². The normalized spacial score (nSPS) is 11.0. The summed E-state index contributed by atoms with van der Waals surface area (Å²) in [6.07, 6.45) is 1.73. The Labute approximate surface area is 118 Å². The van der Waals surface area contributed by atoms with Gasteiger partial charge < -0.3 is 5.32 Å². The quantitative estimate of drug-likeness (QED) is 0.899. The molecule has 5 nitrogen and oxygen atoms in total. The number of hydrogen-bond acceptors (Lipinski definition) is 4. The van der Waals surface area contributed by atoms with Crippen molar-refractivity contribution in [1.82, 2.24) is 20.1 Å². The van der Waals surface area contributed by atoms with Crippen molar-refractivity contribution >= 4 is 0 Å². The van der Waals surface area contributed by atoms with E-state index >= 15 is 0 Å². The highest BCUT2D eigenvalue weighted by Crippen LogP contribution is 2.13. The summed E-state index contributed by atoms with van der Waals surface area (Å²) in [5.41, 5.74) is 2.19. The van der Waals surface area contributed by atoms with Gasteiger partial charge in [-0.3, -0.25) is 9.78 Å². The maximum absolute atomic E-state index is 12.3. The highest BCUT2D eigenvalue weighted by Gasteiger charge is 2.11. The maximum Gasteiger partial charge on any atom is 0.271 e. The molecule has 0 bridgehead atoms. The summed E-state index contributed by atoms with van der Waals surface area (Å²) in [6.45, 7) is 5.27. The van der Waals surface area contributed by atoms with E-state index in [-0.39, 0.29) is 5.56 Å². The first kappa shape index (κ1) is 14.4. The van der Waals surface area contributed by atoms with Crippen LogP contribution >= 0.6 is 0 Å². The lowest BCUT2D eigenvalue weighted by atomic mass is 10.2. The highest BCUT2D eigenvalue weighted by atomic mass is 16.1. The van der Waals surface area contributed by atoms with Crippen LogP contribution in [-0.2, 0) is 13.1 Å².